The number of aromatic nitrogens is 3. The van der Waals surface area contributed by atoms with Gasteiger partial charge in [0.1, 0.15) is 5.65 Å². The standard InChI is InChI=1S/C22H22ClN5S/c23-7-1-9-28-10-5-15(6-11-28)20-13-17-18(4-8-24-22(17)27-20)26-16-2-3-19-21(12-16)29-14-25-19/h2-5,8,12-14H,1,6-7,9-11H2,(H2,24,26,27). The van der Waals surface area contributed by atoms with Crippen LogP contribution >= 0.6 is 22.9 Å². The molecule has 1 aliphatic heterocycles. The largest absolute Gasteiger partial charge is 0.355 e. The third-order valence-corrected chi connectivity index (χ3v) is 6.45. The average Bonchev–Trinajstić information content (AvgIpc) is 3.40. The number of benzene rings is 1. The number of halogens is 1. The molecule has 148 valence electrons. The highest BCUT2D eigenvalue weighted by Crippen LogP contribution is 2.31. The first-order valence-corrected chi connectivity index (χ1v) is 11.3. The number of nitrogens with zero attached hydrogens (tertiary/aromatic N) is 3. The van der Waals surface area contributed by atoms with E-state index in [2.05, 4.69) is 55.5 Å². The first-order chi connectivity index (χ1) is 14.3. The SMILES string of the molecule is ClCCCN1CC=C(c2cc3c(Nc4ccc5ncsc5c4)ccnc3[nH]2)CC1. The number of pyridine rings is 1. The molecular weight excluding hydrogens is 402 g/mol. The smallest absolute Gasteiger partial charge is 0.139 e. The molecule has 7 heteroatoms. The molecule has 0 saturated carbocycles. The maximum atomic E-state index is 5.82. The van der Waals surface area contributed by atoms with E-state index in [0.29, 0.717) is 0 Å². The van der Waals surface area contributed by atoms with Crippen LogP contribution in [0.2, 0.25) is 0 Å². The number of alkyl halides is 1. The summed E-state index contributed by atoms with van der Waals surface area (Å²) in [5, 5.41) is 4.66. The van der Waals surface area contributed by atoms with Gasteiger partial charge in [-0.1, -0.05) is 6.08 Å². The summed E-state index contributed by atoms with van der Waals surface area (Å²) in [5.41, 5.74) is 8.47. The summed E-state index contributed by atoms with van der Waals surface area (Å²) >= 11 is 7.48. The van der Waals surface area contributed by atoms with E-state index >= 15 is 0 Å². The summed E-state index contributed by atoms with van der Waals surface area (Å²) in [6.07, 6.45) is 6.26. The van der Waals surface area contributed by atoms with E-state index in [1.807, 2.05) is 17.8 Å². The van der Waals surface area contributed by atoms with Gasteiger partial charge >= 0.3 is 0 Å². The van der Waals surface area contributed by atoms with E-state index in [1.54, 1.807) is 11.3 Å². The molecule has 4 aromatic rings. The molecule has 0 saturated heterocycles. The zero-order valence-electron chi connectivity index (χ0n) is 16.0. The summed E-state index contributed by atoms with van der Waals surface area (Å²) < 4.78 is 1.18. The normalized spacial score (nSPS) is 15.1. The van der Waals surface area contributed by atoms with E-state index in [1.165, 1.54) is 10.3 Å². The molecule has 0 aliphatic carbocycles. The second-order valence-corrected chi connectivity index (χ2v) is 8.55. The van der Waals surface area contributed by atoms with Gasteiger partial charge in [-0.25, -0.2) is 9.97 Å². The summed E-state index contributed by atoms with van der Waals surface area (Å²) in [6, 6.07) is 10.5. The van der Waals surface area contributed by atoms with Gasteiger partial charge in [-0.15, -0.1) is 22.9 Å². The van der Waals surface area contributed by atoms with Gasteiger partial charge in [-0.05, 0) is 55.3 Å². The minimum absolute atomic E-state index is 0.729. The van der Waals surface area contributed by atoms with Crippen LogP contribution in [0.25, 0.3) is 26.8 Å². The maximum Gasteiger partial charge on any atom is 0.139 e. The van der Waals surface area contributed by atoms with E-state index in [9.17, 15) is 0 Å². The summed E-state index contributed by atoms with van der Waals surface area (Å²) in [7, 11) is 0. The van der Waals surface area contributed by atoms with Crippen molar-refractivity contribution in [2.45, 2.75) is 12.8 Å². The summed E-state index contributed by atoms with van der Waals surface area (Å²) in [5.74, 6) is 0.729. The molecule has 0 radical (unpaired) electrons. The number of aromatic amines is 1. The van der Waals surface area contributed by atoms with Crippen LogP contribution in [0.1, 0.15) is 18.5 Å². The minimum atomic E-state index is 0.729. The molecule has 0 spiro atoms. The summed E-state index contributed by atoms with van der Waals surface area (Å²) in [4.78, 5) is 14.9. The second kappa shape index (κ2) is 8.14. The Morgan fingerprint density at radius 3 is 3.03 bits per heavy atom. The van der Waals surface area contributed by atoms with Crippen LogP contribution in [0.4, 0.5) is 11.4 Å². The molecule has 3 aromatic heterocycles. The van der Waals surface area contributed by atoms with Crippen LogP contribution in [0.15, 0.2) is 48.1 Å². The molecule has 1 aromatic carbocycles. The highest BCUT2D eigenvalue weighted by molar-refractivity contribution is 7.16. The Balaban J connectivity index is 1.40. The van der Waals surface area contributed by atoms with Crippen LogP contribution in [0, 0.1) is 0 Å². The molecule has 4 heterocycles. The Kier molecular flexibility index (Phi) is 5.23. The van der Waals surface area contributed by atoms with E-state index < -0.39 is 0 Å². The molecule has 0 bridgehead atoms. The third kappa shape index (κ3) is 3.88. The van der Waals surface area contributed by atoms with Crippen LogP contribution < -0.4 is 5.32 Å². The van der Waals surface area contributed by atoms with Crippen molar-refractivity contribution in [1.82, 2.24) is 19.9 Å². The van der Waals surface area contributed by atoms with Gasteiger partial charge in [0.15, 0.2) is 0 Å². The van der Waals surface area contributed by atoms with Gasteiger partial charge in [0, 0.05) is 41.9 Å². The van der Waals surface area contributed by atoms with Gasteiger partial charge in [0.2, 0.25) is 0 Å². The summed E-state index contributed by atoms with van der Waals surface area (Å²) in [6.45, 7) is 3.13. The zero-order valence-corrected chi connectivity index (χ0v) is 17.6. The van der Waals surface area contributed by atoms with Crippen molar-refractivity contribution in [3.63, 3.8) is 0 Å². The number of rotatable bonds is 6. The fraction of sp³-hybridized carbons (Fsp3) is 0.273. The Labute approximate surface area is 178 Å². The number of thiazole rings is 1. The molecule has 0 unspecified atom stereocenters. The lowest BCUT2D eigenvalue weighted by molar-refractivity contribution is 0.303. The van der Waals surface area contributed by atoms with Crippen molar-refractivity contribution in [1.29, 1.82) is 0 Å². The Bertz CT molecular complexity index is 1180. The number of hydrogen-bond donors (Lipinski definition) is 2. The number of fused-ring (bicyclic) bond motifs is 2. The van der Waals surface area contributed by atoms with Crippen LogP contribution in [0.5, 0.6) is 0 Å². The van der Waals surface area contributed by atoms with E-state index in [4.69, 9.17) is 11.6 Å². The van der Waals surface area contributed by atoms with Crippen molar-refractivity contribution in [3.8, 4) is 0 Å². The molecule has 29 heavy (non-hydrogen) atoms. The molecule has 0 fully saturated rings. The molecule has 5 nitrogen and oxygen atoms in total. The lowest BCUT2D eigenvalue weighted by atomic mass is 10.0. The van der Waals surface area contributed by atoms with Crippen molar-refractivity contribution in [2.24, 2.45) is 0 Å². The highest BCUT2D eigenvalue weighted by Gasteiger charge is 2.15. The quantitative estimate of drug-likeness (QED) is 0.394. The second-order valence-electron chi connectivity index (χ2n) is 7.29. The Morgan fingerprint density at radius 2 is 2.17 bits per heavy atom. The fourth-order valence-corrected chi connectivity index (χ4v) is 4.68. The number of H-pyrrole nitrogens is 1. The fourth-order valence-electron chi connectivity index (χ4n) is 3.84. The number of anilines is 2. The van der Waals surface area contributed by atoms with Crippen molar-refractivity contribution in [2.75, 3.05) is 30.8 Å². The molecule has 0 atom stereocenters. The van der Waals surface area contributed by atoms with Crippen LogP contribution in [-0.4, -0.2) is 45.4 Å². The van der Waals surface area contributed by atoms with Crippen LogP contribution in [0.3, 0.4) is 0 Å². The monoisotopic (exact) mass is 423 g/mol. The molecule has 0 amide bonds. The minimum Gasteiger partial charge on any atom is -0.355 e. The topological polar surface area (TPSA) is 56.8 Å². The Hall–Kier alpha value is -2.41. The molecular formula is C22H22ClN5S. The van der Waals surface area contributed by atoms with Gasteiger partial charge in [-0.2, -0.15) is 0 Å². The Morgan fingerprint density at radius 1 is 1.21 bits per heavy atom. The highest BCUT2D eigenvalue weighted by atomic mass is 35.5. The van der Waals surface area contributed by atoms with Crippen molar-refractivity contribution >= 4 is 61.1 Å². The van der Waals surface area contributed by atoms with E-state index in [0.717, 1.165) is 72.0 Å². The maximum absolute atomic E-state index is 5.82. The van der Waals surface area contributed by atoms with E-state index in [-0.39, 0.29) is 0 Å². The lowest BCUT2D eigenvalue weighted by Crippen LogP contribution is -2.29. The first kappa shape index (κ1) is 18.6. The van der Waals surface area contributed by atoms with Gasteiger partial charge in [0.25, 0.3) is 0 Å². The van der Waals surface area contributed by atoms with Gasteiger partial charge in [0.05, 0.1) is 21.4 Å². The van der Waals surface area contributed by atoms with Gasteiger partial charge in [-0.3, -0.25) is 4.90 Å². The average molecular weight is 424 g/mol. The first-order valence-electron chi connectivity index (χ1n) is 9.86. The predicted molar refractivity (Wildman–Crippen MR) is 123 cm³/mol. The zero-order chi connectivity index (χ0) is 19.6. The predicted octanol–water partition coefficient (Wildman–Crippen LogP) is 5.63. The molecule has 1 aliphatic rings. The van der Waals surface area contributed by atoms with Crippen LogP contribution in [-0.2, 0) is 0 Å². The molecule has 2 N–H and O–H groups in total. The number of hydrogen-bond acceptors (Lipinski definition) is 5. The van der Waals surface area contributed by atoms with Crippen molar-refractivity contribution in [3.05, 3.63) is 53.8 Å². The number of nitrogens with one attached hydrogen (secondary N) is 2. The molecule has 5 rings (SSSR count). The van der Waals surface area contributed by atoms with Gasteiger partial charge < -0.3 is 10.3 Å². The van der Waals surface area contributed by atoms with Crippen molar-refractivity contribution < 1.29 is 0 Å². The lowest BCUT2D eigenvalue weighted by Gasteiger charge is -2.25. The third-order valence-electron chi connectivity index (χ3n) is 5.39.